The fraction of sp³-hybridized carbons (Fsp3) is 0.750. The third-order valence-electron chi connectivity index (χ3n) is 5.22. The summed E-state index contributed by atoms with van der Waals surface area (Å²) in [4.78, 5) is 2.36. The van der Waals surface area contributed by atoms with Gasteiger partial charge in [-0.3, -0.25) is 0 Å². The van der Waals surface area contributed by atoms with Gasteiger partial charge in [0.25, 0.3) is 0 Å². The van der Waals surface area contributed by atoms with E-state index in [9.17, 15) is 0 Å². The van der Waals surface area contributed by atoms with Crippen LogP contribution in [-0.4, -0.2) is 19.7 Å². The van der Waals surface area contributed by atoms with Crippen molar-refractivity contribution in [3.8, 4) is 5.75 Å². The van der Waals surface area contributed by atoms with Gasteiger partial charge in [-0.15, -0.1) is 0 Å². The number of benzene rings is 1. The number of hydrogen-bond donors (Lipinski definition) is 0. The molecule has 0 bridgehead atoms. The van der Waals surface area contributed by atoms with Crippen LogP contribution in [0.4, 0.5) is 5.69 Å². The molecule has 150 valence electrons. The Labute approximate surface area is 163 Å². The molecule has 0 aromatic heterocycles. The van der Waals surface area contributed by atoms with E-state index in [1.807, 2.05) is 0 Å². The van der Waals surface area contributed by atoms with Gasteiger partial charge in [0.05, 0.1) is 12.3 Å². The molecular formula is C24H43NO. The fourth-order valence-corrected chi connectivity index (χ4v) is 3.53. The highest BCUT2D eigenvalue weighted by atomic mass is 16.5. The van der Waals surface area contributed by atoms with E-state index in [2.05, 4.69) is 49.9 Å². The van der Waals surface area contributed by atoms with Crippen molar-refractivity contribution in [2.24, 2.45) is 0 Å². The average Bonchev–Trinajstić information content (AvgIpc) is 2.67. The van der Waals surface area contributed by atoms with Crippen LogP contribution < -0.4 is 9.64 Å². The Morgan fingerprint density at radius 2 is 1.15 bits per heavy atom. The summed E-state index contributed by atoms with van der Waals surface area (Å²) in [5.74, 6) is 1.04. The van der Waals surface area contributed by atoms with Crippen LogP contribution >= 0.6 is 0 Å². The molecule has 0 heterocycles. The normalized spacial score (nSPS) is 10.9. The second-order valence-corrected chi connectivity index (χ2v) is 7.38. The molecule has 0 unspecified atom stereocenters. The van der Waals surface area contributed by atoms with E-state index in [-0.39, 0.29) is 0 Å². The molecule has 2 nitrogen and oxygen atoms in total. The number of anilines is 1. The van der Waals surface area contributed by atoms with Gasteiger partial charge >= 0.3 is 0 Å². The highest BCUT2D eigenvalue weighted by molar-refractivity contribution is 5.58. The summed E-state index contributed by atoms with van der Waals surface area (Å²) >= 11 is 0. The SMILES string of the molecule is CCCCCCCCCCCCCCOc1ccccc1N(CC)CC. The van der Waals surface area contributed by atoms with Gasteiger partial charge in [0, 0.05) is 13.1 Å². The zero-order valence-electron chi connectivity index (χ0n) is 17.8. The maximum atomic E-state index is 6.07. The van der Waals surface area contributed by atoms with Gasteiger partial charge in [0.2, 0.25) is 0 Å². The maximum Gasteiger partial charge on any atom is 0.142 e. The third-order valence-corrected chi connectivity index (χ3v) is 5.22. The highest BCUT2D eigenvalue weighted by Gasteiger charge is 2.08. The molecule has 0 fully saturated rings. The van der Waals surface area contributed by atoms with Crippen molar-refractivity contribution in [2.75, 3.05) is 24.6 Å². The summed E-state index contributed by atoms with van der Waals surface area (Å²) in [6.07, 6.45) is 16.6. The number of para-hydroxylation sites is 2. The molecule has 0 radical (unpaired) electrons. The average molecular weight is 362 g/mol. The van der Waals surface area contributed by atoms with Crippen LogP contribution in [0.5, 0.6) is 5.75 Å². The lowest BCUT2D eigenvalue weighted by Gasteiger charge is -2.23. The van der Waals surface area contributed by atoms with Crippen LogP contribution in [0.2, 0.25) is 0 Å². The van der Waals surface area contributed by atoms with Crippen molar-refractivity contribution < 1.29 is 4.74 Å². The molecule has 26 heavy (non-hydrogen) atoms. The van der Waals surface area contributed by atoms with Crippen LogP contribution in [0.25, 0.3) is 0 Å². The molecule has 1 aromatic rings. The first-order chi connectivity index (χ1) is 12.8. The quantitative estimate of drug-likeness (QED) is 0.265. The molecule has 0 aliphatic rings. The Kier molecular flexibility index (Phi) is 14.1. The van der Waals surface area contributed by atoms with Gasteiger partial charge in [-0.05, 0) is 32.4 Å². The van der Waals surface area contributed by atoms with Crippen LogP contribution in [-0.2, 0) is 0 Å². The lowest BCUT2D eigenvalue weighted by atomic mass is 10.1. The van der Waals surface area contributed by atoms with Crippen molar-refractivity contribution in [1.82, 2.24) is 0 Å². The minimum absolute atomic E-state index is 0.843. The fourth-order valence-electron chi connectivity index (χ4n) is 3.53. The molecule has 0 aliphatic heterocycles. The topological polar surface area (TPSA) is 12.5 Å². The summed E-state index contributed by atoms with van der Waals surface area (Å²) in [7, 11) is 0. The molecule has 1 rings (SSSR count). The number of unbranched alkanes of at least 4 members (excludes halogenated alkanes) is 11. The number of hydrogen-bond acceptors (Lipinski definition) is 2. The van der Waals surface area contributed by atoms with Crippen molar-refractivity contribution in [2.45, 2.75) is 97.8 Å². The Hall–Kier alpha value is -1.18. The minimum atomic E-state index is 0.843. The summed E-state index contributed by atoms with van der Waals surface area (Å²) in [5.41, 5.74) is 1.23. The Balaban J connectivity index is 2.03. The smallest absolute Gasteiger partial charge is 0.142 e. The Morgan fingerprint density at radius 3 is 1.69 bits per heavy atom. The van der Waals surface area contributed by atoms with E-state index in [1.165, 1.54) is 82.7 Å². The van der Waals surface area contributed by atoms with Gasteiger partial charge in [-0.25, -0.2) is 0 Å². The van der Waals surface area contributed by atoms with E-state index >= 15 is 0 Å². The molecule has 0 N–H and O–H groups in total. The van der Waals surface area contributed by atoms with Crippen molar-refractivity contribution in [3.05, 3.63) is 24.3 Å². The molecule has 0 saturated heterocycles. The van der Waals surface area contributed by atoms with E-state index < -0.39 is 0 Å². The van der Waals surface area contributed by atoms with Crippen LogP contribution in [0.15, 0.2) is 24.3 Å². The van der Waals surface area contributed by atoms with Crippen molar-refractivity contribution in [1.29, 1.82) is 0 Å². The summed E-state index contributed by atoms with van der Waals surface area (Å²) in [6.45, 7) is 9.58. The third kappa shape index (κ3) is 10.1. The van der Waals surface area contributed by atoms with E-state index in [0.717, 1.165) is 25.4 Å². The van der Waals surface area contributed by atoms with Crippen molar-refractivity contribution in [3.63, 3.8) is 0 Å². The Bertz CT molecular complexity index is 428. The lowest BCUT2D eigenvalue weighted by molar-refractivity contribution is 0.304. The first-order valence-electron chi connectivity index (χ1n) is 11.3. The second kappa shape index (κ2) is 16.0. The number of rotatable bonds is 17. The molecular weight excluding hydrogens is 318 g/mol. The Morgan fingerprint density at radius 1 is 0.654 bits per heavy atom. The van der Waals surface area contributed by atoms with E-state index in [1.54, 1.807) is 0 Å². The largest absolute Gasteiger partial charge is 0.491 e. The predicted octanol–water partition coefficient (Wildman–Crippen LogP) is 7.61. The predicted molar refractivity (Wildman–Crippen MR) is 117 cm³/mol. The molecule has 0 atom stereocenters. The zero-order valence-corrected chi connectivity index (χ0v) is 17.8. The molecule has 0 aliphatic carbocycles. The van der Waals surface area contributed by atoms with Crippen LogP contribution in [0.1, 0.15) is 97.8 Å². The van der Waals surface area contributed by atoms with E-state index in [4.69, 9.17) is 4.74 Å². The van der Waals surface area contributed by atoms with Crippen molar-refractivity contribution >= 4 is 5.69 Å². The standard InChI is InChI=1S/C24H43NO/c1-4-7-8-9-10-11-12-13-14-15-16-19-22-26-24-21-18-17-20-23(24)25(5-2)6-3/h17-18,20-21H,4-16,19,22H2,1-3H3. The van der Waals surface area contributed by atoms with Gasteiger partial charge < -0.3 is 9.64 Å². The molecule has 1 aromatic carbocycles. The zero-order chi connectivity index (χ0) is 18.9. The molecule has 2 heteroatoms. The van der Waals surface area contributed by atoms with Crippen LogP contribution in [0.3, 0.4) is 0 Å². The first kappa shape index (κ1) is 22.9. The highest BCUT2D eigenvalue weighted by Crippen LogP contribution is 2.28. The number of ether oxygens (including phenoxy) is 1. The van der Waals surface area contributed by atoms with Gasteiger partial charge in [-0.2, -0.15) is 0 Å². The van der Waals surface area contributed by atoms with E-state index in [0.29, 0.717) is 0 Å². The summed E-state index contributed by atoms with van der Waals surface area (Å²) in [5, 5.41) is 0. The molecule has 0 saturated carbocycles. The molecule has 0 amide bonds. The minimum Gasteiger partial charge on any atom is -0.491 e. The van der Waals surface area contributed by atoms with Gasteiger partial charge in [0.1, 0.15) is 5.75 Å². The lowest BCUT2D eigenvalue weighted by Crippen LogP contribution is -2.22. The van der Waals surface area contributed by atoms with Crippen LogP contribution in [0, 0.1) is 0 Å². The van der Waals surface area contributed by atoms with Gasteiger partial charge in [-0.1, -0.05) is 89.7 Å². The maximum absolute atomic E-state index is 6.07. The monoisotopic (exact) mass is 361 g/mol. The summed E-state index contributed by atoms with van der Waals surface area (Å²) in [6, 6.07) is 8.45. The second-order valence-electron chi connectivity index (χ2n) is 7.38. The number of nitrogens with zero attached hydrogens (tertiary/aromatic N) is 1. The first-order valence-corrected chi connectivity index (χ1v) is 11.3. The molecule has 0 spiro atoms. The summed E-state index contributed by atoms with van der Waals surface area (Å²) < 4.78 is 6.07. The van der Waals surface area contributed by atoms with Gasteiger partial charge in [0.15, 0.2) is 0 Å².